The van der Waals surface area contributed by atoms with E-state index in [0.717, 1.165) is 27.9 Å². The van der Waals surface area contributed by atoms with Gasteiger partial charge in [-0.3, -0.25) is 4.79 Å². The second-order valence-electron chi connectivity index (χ2n) is 7.75. The molecule has 0 aliphatic carbocycles. The molecule has 0 saturated carbocycles. The van der Waals surface area contributed by atoms with Gasteiger partial charge in [-0.1, -0.05) is 25.6 Å². The number of carbonyl (C=O) groups is 1. The lowest BCUT2D eigenvalue weighted by atomic mass is 9.90. The van der Waals surface area contributed by atoms with Crippen LogP contribution in [-0.2, 0) is 11.3 Å². The van der Waals surface area contributed by atoms with Crippen LogP contribution >= 0.6 is 11.8 Å². The Morgan fingerprint density at radius 1 is 1.33 bits per heavy atom. The number of aromatic nitrogens is 2. The third kappa shape index (κ3) is 4.41. The molecule has 3 rings (SSSR count). The molecule has 0 radical (unpaired) electrons. The molecule has 7 nitrogen and oxygen atoms in total. The van der Waals surface area contributed by atoms with Gasteiger partial charge in [0, 0.05) is 12.1 Å². The van der Waals surface area contributed by atoms with Crippen LogP contribution in [0.4, 0.5) is 0 Å². The molecule has 2 unspecified atom stereocenters. The van der Waals surface area contributed by atoms with Gasteiger partial charge in [-0.25, -0.2) is 4.98 Å². The van der Waals surface area contributed by atoms with Crippen molar-refractivity contribution in [2.24, 2.45) is 5.92 Å². The fraction of sp³-hybridized carbons (Fsp3) is 0.500. The molecular weight excluding hydrogens is 400 g/mol. The third-order valence-corrected chi connectivity index (χ3v) is 6.50. The molecule has 2 aromatic rings. The zero-order valence-corrected chi connectivity index (χ0v) is 18.9. The van der Waals surface area contributed by atoms with Crippen LogP contribution in [0.2, 0.25) is 0 Å². The molecule has 1 aromatic carbocycles. The summed E-state index contributed by atoms with van der Waals surface area (Å²) in [6, 6.07) is 8.08. The predicted octanol–water partition coefficient (Wildman–Crippen LogP) is 3.88. The van der Waals surface area contributed by atoms with Crippen LogP contribution in [0.25, 0.3) is 11.3 Å². The Hall–Kier alpha value is -2.66. The molecule has 0 saturated heterocycles. The van der Waals surface area contributed by atoms with Crippen molar-refractivity contribution < 1.29 is 14.3 Å². The zero-order valence-electron chi connectivity index (χ0n) is 18.1. The number of carbonyl (C=O) groups excluding carboxylic acids is 1. The SMILES string of the molecule is CCn1c(-c2ccc3c(c2)OCCO3)cnc1SC(C)C(=O)NC(C)(C#N)C(C)C. The Bertz CT molecular complexity index is 966. The molecule has 1 aliphatic heterocycles. The van der Waals surface area contributed by atoms with Gasteiger partial charge in [-0.05, 0) is 44.9 Å². The molecule has 30 heavy (non-hydrogen) atoms. The molecule has 1 N–H and O–H groups in total. The van der Waals surface area contributed by atoms with E-state index in [1.54, 1.807) is 6.92 Å². The van der Waals surface area contributed by atoms with Gasteiger partial charge in [0.05, 0.1) is 23.2 Å². The molecule has 0 bridgehead atoms. The quantitative estimate of drug-likeness (QED) is 0.673. The summed E-state index contributed by atoms with van der Waals surface area (Å²) in [7, 11) is 0. The Labute approximate surface area is 181 Å². The Morgan fingerprint density at radius 3 is 2.67 bits per heavy atom. The predicted molar refractivity (Wildman–Crippen MR) is 117 cm³/mol. The fourth-order valence-electron chi connectivity index (χ4n) is 3.06. The molecule has 0 spiro atoms. The number of nitrogens with zero attached hydrogens (tertiary/aromatic N) is 3. The number of hydrogen-bond donors (Lipinski definition) is 1. The fourth-order valence-corrected chi connectivity index (χ4v) is 4.01. The number of imidazole rings is 1. The van der Waals surface area contributed by atoms with Gasteiger partial charge in [0.15, 0.2) is 16.7 Å². The molecule has 8 heteroatoms. The van der Waals surface area contributed by atoms with Crippen LogP contribution in [0.5, 0.6) is 11.5 Å². The number of nitriles is 1. The van der Waals surface area contributed by atoms with Gasteiger partial charge in [0.2, 0.25) is 5.91 Å². The number of fused-ring (bicyclic) bond motifs is 1. The molecular formula is C22H28N4O3S. The molecule has 0 fully saturated rings. The van der Waals surface area contributed by atoms with Gasteiger partial charge in [-0.15, -0.1) is 0 Å². The second-order valence-corrected chi connectivity index (χ2v) is 9.05. The topological polar surface area (TPSA) is 89.2 Å². The van der Waals surface area contributed by atoms with E-state index in [1.807, 2.05) is 52.1 Å². The first-order valence-electron chi connectivity index (χ1n) is 10.1. The van der Waals surface area contributed by atoms with Crippen LogP contribution in [-0.4, -0.2) is 39.5 Å². The molecule has 160 valence electrons. The van der Waals surface area contributed by atoms with Crippen LogP contribution in [0, 0.1) is 17.2 Å². The Kier molecular flexibility index (Phi) is 6.61. The first kappa shape index (κ1) is 22.0. The van der Waals surface area contributed by atoms with Crippen molar-refractivity contribution in [3.63, 3.8) is 0 Å². The first-order valence-corrected chi connectivity index (χ1v) is 11.0. The highest BCUT2D eigenvalue weighted by Gasteiger charge is 2.32. The number of benzene rings is 1. The largest absolute Gasteiger partial charge is 0.486 e. The van der Waals surface area contributed by atoms with E-state index >= 15 is 0 Å². The third-order valence-electron chi connectivity index (χ3n) is 5.39. The van der Waals surface area contributed by atoms with Gasteiger partial charge < -0.3 is 19.4 Å². The maximum atomic E-state index is 12.7. The van der Waals surface area contributed by atoms with Crippen molar-refractivity contribution in [3.8, 4) is 28.8 Å². The van der Waals surface area contributed by atoms with Crippen molar-refractivity contribution in [2.75, 3.05) is 13.2 Å². The van der Waals surface area contributed by atoms with E-state index in [2.05, 4.69) is 20.9 Å². The number of ether oxygens (including phenoxy) is 2. The molecule has 2 heterocycles. The normalized spacial score (nSPS) is 15.9. The zero-order chi connectivity index (χ0) is 21.9. The Balaban J connectivity index is 1.79. The maximum Gasteiger partial charge on any atom is 0.234 e. The van der Waals surface area contributed by atoms with Crippen molar-refractivity contribution in [2.45, 2.75) is 57.1 Å². The standard InChI is InChI=1S/C22H28N4O3S/c1-6-26-17(16-7-8-18-19(11-16)29-10-9-28-18)12-24-21(26)30-15(4)20(27)25-22(5,13-23)14(2)3/h7-8,11-12,14-15H,6,9-10H2,1-5H3,(H,25,27). The van der Waals surface area contributed by atoms with Crippen molar-refractivity contribution in [1.29, 1.82) is 5.26 Å². The molecule has 2 atom stereocenters. The van der Waals surface area contributed by atoms with Gasteiger partial charge in [0.25, 0.3) is 0 Å². The van der Waals surface area contributed by atoms with E-state index in [-0.39, 0.29) is 11.8 Å². The summed E-state index contributed by atoms with van der Waals surface area (Å²) in [6.07, 6.45) is 1.81. The average molecular weight is 429 g/mol. The summed E-state index contributed by atoms with van der Waals surface area (Å²) >= 11 is 1.38. The lowest BCUT2D eigenvalue weighted by Crippen LogP contribution is -2.51. The number of hydrogen-bond acceptors (Lipinski definition) is 6. The number of nitrogens with one attached hydrogen (secondary N) is 1. The smallest absolute Gasteiger partial charge is 0.234 e. The lowest BCUT2D eigenvalue weighted by Gasteiger charge is -2.28. The van der Waals surface area contributed by atoms with Crippen molar-refractivity contribution in [3.05, 3.63) is 24.4 Å². The number of thioether (sulfide) groups is 1. The highest BCUT2D eigenvalue weighted by atomic mass is 32.2. The van der Waals surface area contributed by atoms with Crippen LogP contribution < -0.4 is 14.8 Å². The van der Waals surface area contributed by atoms with Crippen molar-refractivity contribution >= 4 is 17.7 Å². The lowest BCUT2D eigenvalue weighted by molar-refractivity contribution is -0.121. The summed E-state index contributed by atoms with van der Waals surface area (Å²) in [5.74, 6) is 1.31. The minimum atomic E-state index is -0.900. The molecule has 1 aromatic heterocycles. The Morgan fingerprint density at radius 2 is 2.03 bits per heavy atom. The van der Waals surface area contributed by atoms with Gasteiger partial charge >= 0.3 is 0 Å². The maximum absolute atomic E-state index is 12.7. The summed E-state index contributed by atoms with van der Waals surface area (Å²) in [4.78, 5) is 17.3. The van der Waals surface area contributed by atoms with E-state index in [0.29, 0.717) is 19.8 Å². The number of rotatable bonds is 7. The molecule has 1 amide bonds. The summed E-state index contributed by atoms with van der Waals surface area (Å²) < 4.78 is 13.4. The van der Waals surface area contributed by atoms with E-state index < -0.39 is 10.8 Å². The van der Waals surface area contributed by atoms with E-state index in [4.69, 9.17) is 9.47 Å². The highest BCUT2D eigenvalue weighted by molar-refractivity contribution is 8.00. The molecule has 1 aliphatic rings. The van der Waals surface area contributed by atoms with Crippen LogP contribution in [0.3, 0.4) is 0 Å². The van der Waals surface area contributed by atoms with Crippen LogP contribution in [0.1, 0.15) is 34.6 Å². The second kappa shape index (κ2) is 9.00. The van der Waals surface area contributed by atoms with E-state index in [9.17, 15) is 10.1 Å². The van der Waals surface area contributed by atoms with Crippen molar-refractivity contribution in [1.82, 2.24) is 14.9 Å². The number of amides is 1. The van der Waals surface area contributed by atoms with Crippen LogP contribution in [0.15, 0.2) is 29.6 Å². The summed E-state index contributed by atoms with van der Waals surface area (Å²) in [5.41, 5.74) is 1.03. The van der Waals surface area contributed by atoms with Gasteiger partial charge in [0.1, 0.15) is 18.8 Å². The van der Waals surface area contributed by atoms with Gasteiger partial charge in [-0.2, -0.15) is 5.26 Å². The minimum absolute atomic E-state index is 0.00286. The first-order chi connectivity index (χ1) is 14.3. The van der Waals surface area contributed by atoms with E-state index in [1.165, 1.54) is 11.8 Å². The summed E-state index contributed by atoms with van der Waals surface area (Å²) in [5, 5.41) is 12.7. The average Bonchev–Trinajstić information content (AvgIpc) is 3.15. The minimum Gasteiger partial charge on any atom is -0.486 e. The summed E-state index contributed by atoms with van der Waals surface area (Å²) in [6.45, 7) is 11.3. The highest BCUT2D eigenvalue weighted by Crippen LogP contribution is 2.36. The monoisotopic (exact) mass is 428 g/mol.